The van der Waals surface area contributed by atoms with E-state index in [2.05, 4.69) is 10.6 Å². The highest BCUT2D eigenvalue weighted by atomic mass is 32.2. The summed E-state index contributed by atoms with van der Waals surface area (Å²) in [6.07, 6.45) is 1.37. The Morgan fingerprint density at radius 2 is 1.76 bits per heavy atom. The maximum Gasteiger partial charge on any atom is 0.309 e. The number of hydrogen-bond donors (Lipinski definition) is 2. The summed E-state index contributed by atoms with van der Waals surface area (Å²) in [5.41, 5.74) is 1.81. The Balaban J connectivity index is 2.16. The van der Waals surface area contributed by atoms with Gasteiger partial charge in [-0.25, -0.2) is 8.42 Å². The van der Waals surface area contributed by atoms with Crippen molar-refractivity contribution in [3.63, 3.8) is 0 Å². The van der Waals surface area contributed by atoms with Crippen molar-refractivity contribution in [3.05, 3.63) is 53.5 Å². The smallest absolute Gasteiger partial charge is 0.309 e. The van der Waals surface area contributed by atoms with Crippen LogP contribution in [0.4, 0.5) is 0 Å². The fourth-order valence-electron chi connectivity index (χ4n) is 2.63. The topological polar surface area (TPSA) is 109 Å². The van der Waals surface area contributed by atoms with Crippen molar-refractivity contribution in [2.75, 3.05) is 33.7 Å². The maximum atomic E-state index is 13.2. The van der Waals surface area contributed by atoms with E-state index < -0.39 is 26.9 Å². The minimum absolute atomic E-state index is 0.131. The van der Waals surface area contributed by atoms with Gasteiger partial charge in [-0.2, -0.15) is 0 Å². The number of aryl methyl sites for hydroxylation is 2. The molecule has 0 aliphatic carbocycles. The summed E-state index contributed by atoms with van der Waals surface area (Å²) >= 11 is 0. The highest BCUT2D eigenvalue weighted by molar-refractivity contribution is 7.91. The van der Waals surface area contributed by atoms with Gasteiger partial charge in [0.1, 0.15) is 11.0 Å². The summed E-state index contributed by atoms with van der Waals surface area (Å²) in [6.45, 7) is 4.32. The molecule has 1 atom stereocenters. The van der Waals surface area contributed by atoms with E-state index >= 15 is 0 Å². The van der Waals surface area contributed by atoms with Gasteiger partial charge in [0.2, 0.25) is 0 Å². The molecule has 2 aromatic rings. The molecule has 2 N–H and O–H groups in total. The maximum absolute atomic E-state index is 13.2. The van der Waals surface area contributed by atoms with Crippen LogP contribution in [0.15, 0.2) is 45.9 Å². The molecule has 158 valence electrons. The van der Waals surface area contributed by atoms with Crippen LogP contribution in [0, 0.1) is 13.8 Å². The van der Waals surface area contributed by atoms with Crippen molar-refractivity contribution in [1.82, 2.24) is 15.5 Å². The minimum atomic E-state index is -3.86. The zero-order valence-corrected chi connectivity index (χ0v) is 17.9. The Labute approximate surface area is 171 Å². The van der Waals surface area contributed by atoms with Gasteiger partial charge in [0.05, 0.1) is 11.2 Å². The third-order valence-electron chi connectivity index (χ3n) is 4.54. The Morgan fingerprint density at radius 1 is 1.07 bits per heavy atom. The predicted molar refractivity (Wildman–Crippen MR) is 109 cm³/mol. The number of carbonyl (C=O) groups excluding carboxylic acids is 2. The van der Waals surface area contributed by atoms with E-state index in [1.807, 2.05) is 32.8 Å². The summed E-state index contributed by atoms with van der Waals surface area (Å²) in [5.74, 6) is -1.51. The average Bonchev–Trinajstić information content (AvgIpc) is 3.17. The molecule has 0 aliphatic rings. The second kappa shape index (κ2) is 9.71. The molecule has 0 saturated carbocycles. The van der Waals surface area contributed by atoms with E-state index in [1.165, 1.54) is 18.4 Å². The third kappa shape index (κ3) is 5.91. The molecule has 0 aliphatic heterocycles. The van der Waals surface area contributed by atoms with E-state index in [-0.39, 0.29) is 17.2 Å². The third-order valence-corrected chi connectivity index (χ3v) is 6.60. The minimum Gasteiger partial charge on any atom is -0.468 e. The molecule has 1 heterocycles. The van der Waals surface area contributed by atoms with Gasteiger partial charge in [-0.3, -0.25) is 9.59 Å². The zero-order valence-electron chi connectivity index (χ0n) is 17.1. The van der Waals surface area contributed by atoms with Crippen molar-refractivity contribution in [2.45, 2.75) is 24.0 Å². The van der Waals surface area contributed by atoms with Crippen LogP contribution in [0.3, 0.4) is 0 Å². The van der Waals surface area contributed by atoms with Crippen LogP contribution in [-0.2, 0) is 19.4 Å². The van der Waals surface area contributed by atoms with Gasteiger partial charge in [0.15, 0.2) is 9.84 Å². The summed E-state index contributed by atoms with van der Waals surface area (Å²) in [7, 11) is -0.170. The van der Waals surface area contributed by atoms with Crippen LogP contribution in [0.5, 0.6) is 0 Å². The first kappa shape index (κ1) is 22.6. The molecule has 0 spiro atoms. The molecule has 1 aromatic heterocycles. The molecule has 0 unspecified atom stereocenters. The van der Waals surface area contributed by atoms with Crippen LogP contribution < -0.4 is 10.6 Å². The number of benzene rings is 1. The molecule has 0 saturated heterocycles. The summed E-state index contributed by atoms with van der Waals surface area (Å²) in [4.78, 5) is 26.0. The van der Waals surface area contributed by atoms with Gasteiger partial charge in [0.25, 0.3) is 0 Å². The molecule has 29 heavy (non-hydrogen) atoms. The normalized spacial score (nSPS) is 12.6. The van der Waals surface area contributed by atoms with Gasteiger partial charge in [-0.15, -0.1) is 0 Å². The SMILES string of the molecule is Cc1ccc(S(=O)(=O)[C@@H](CNC(=O)C(=O)NCCN(C)C)c2ccco2)cc1C. The highest BCUT2D eigenvalue weighted by Crippen LogP contribution is 2.29. The van der Waals surface area contributed by atoms with Gasteiger partial charge in [-0.05, 0) is 63.3 Å². The predicted octanol–water partition coefficient (Wildman–Crippen LogP) is 1.21. The molecule has 8 nitrogen and oxygen atoms in total. The summed E-state index contributed by atoms with van der Waals surface area (Å²) in [5, 5.41) is 3.74. The number of rotatable bonds is 8. The van der Waals surface area contributed by atoms with Gasteiger partial charge in [0, 0.05) is 19.6 Å². The summed E-state index contributed by atoms with van der Waals surface area (Å²) in [6, 6.07) is 7.97. The molecular formula is C20H27N3O5S. The van der Waals surface area contributed by atoms with Crippen LogP contribution in [-0.4, -0.2) is 58.9 Å². The number of nitrogens with zero attached hydrogens (tertiary/aromatic N) is 1. The van der Waals surface area contributed by atoms with Crippen molar-refractivity contribution in [3.8, 4) is 0 Å². The standard InChI is InChI=1S/C20H27N3O5S/c1-14-7-8-16(12-15(14)2)29(26,27)18(17-6-5-11-28-17)13-22-20(25)19(24)21-9-10-23(3)4/h5-8,11-12,18H,9-10,13H2,1-4H3,(H,21,24)(H,22,25)/t18-/m0/s1. The van der Waals surface area contributed by atoms with E-state index in [1.54, 1.807) is 18.2 Å². The fraction of sp³-hybridized carbons (Fsp3) is 0.400. The van der Waals surface area contributed by atoms with Gasteiger partial charge >= 0.3 is 11.8 Å². The van der Waals surface area contributed by atoms with Crippen molar-refractivity contribution in [2.24, 2.45) is 0 Å². The van der Waals surface area contributed by atoms with Crippen molar-refractivity contribution in [1.29, 1.82) is 0 Å². The zero-order chi connectivity index (χ0) is 21.6. The van der Waals surface area contributed by atoms with Crippen molar-refractivity contribution < 1.29 is 22.4 Å². The second-order valence-electron chi connectivity index (χ2n) is 7.06. The van der Waals surface area contributed by atoms with E-state index in [0.29, 0.717) is 13.1 Å². The van der Waals surface area contributed by atoms with Crippen LogP contribution in [0.2, 0.25) is 0 Å². The fourth-order valence-corrected chi connectivity index (χ4v) is 4.30. The number of sulfone groups is 1. The van der Waals surface area contributed by atoms with Crippen LogP contribution >= 0.6 is 0 Å². The average molecular weight is 422 g/mol. The lowest BCUT2D eigenvalue weighted by Crippen LogP contribution is -2.43. The Bertz CT molecular complexity index is 953. The number of hydrogen-bond acceptors (Lipinski definition) is 6. The summed E-state index contributed by atoms with van der Waals surface area (Å²) < 4.78 is 31.7. The van der Waals surface area contributed by atoms with Gasteiger partial charge in [-0.1, -0.05) is 6.07 Å². The van der Waals surface area contributed by atoms with E-state index in [9.17, 15) is 18.0 Å². The number of amides is 2. The molecular weight excluding hydrogens is 394 g/mol. The molecule has 2 rings (SSSR count). The molecule has 2 amide bonds. The molecule has 1 aromatic carbocycles. The van der Waals surface area contributed by atoms with Gasteiger partial charge < -0.3 is 20.0 Å². The Morgan fingerprint density at radius 3 is 2.34 bits per heavy atom. The Kier molecular flexibility index (Phi) is 7.58. The largest absolute Gasteiger partial charge is 0.468 e. The Hall–Kier alpha value is -2.65. The van der Waals surface area contributed by atoms with Crippen LogP contribution in [0.1, 0.15) is 22.1 Å². The quantitative estimate of drug-likeness (QED) is 0.620. The van der Waals surface area contributed by atoms with E-state index in [0.717, 1.165) is 11.1 Å². The van der Waals surface area contributed by atoms with Crippen molar-refractivity contribution >= 4 is 21.7 Å². The molecule has 9 heteroatoms. The first-order chi connectivity index (χ1) is 13.6. The lowest BCUT2D eigenvalue weighted by Gasteiger charge is -2.17. The number of carbonyl (C=O) groups is 2. The monoisotopic (exact) mass is 421 g/mol. The first-order valence-electron chi connectivity index (χ1n) is 9.18. The lowest BCUT2D eigenvalue weighted by molar-refractivity contribution is -0.139. The van der Waals surface area contributed by atoms with E-state index in [4.69, 9.17) is 4.42 Å². The highest BCUT2D eigenvalue weighted by Gasteiger charge is 2.32. The van der Waals surface area contributed by atoms with Crippen LogP contribution in [0.25, 0.3) is 0 Å². The molecule has 0 bridgehead atoms. The first-order valence-corrected chi connectivity index (χ1v) is 10.7. The number of nitrogens with one attached hydrogen (secondary N) is 2. The number of likely N-dealkylation sites (N-methyl/N-ethyl adjacent to an activating group) is 1. The second-order valence-corrected chi connectivity index (χ2v) is 9.19. The number of furan rings is 1. The molecule has 0 radical (unpaired) electrons. The molecule has 0 fully saturated rings. The lowest BCUT2D eigenvalue weighted by atomic mass is 10.1.